The predicted octanol–water partition coefficient (Wildman–Crippen LogP) is 7.08. The van der Waals surface area contributed by atoms with Crippen molar-refractivity contribution < 1.29 is 28.2 Å². The van der Waals surface area contributed by atoms with E-state index in [0.29, 0.717) is 42.5 Å². The van der Waals surface area contributed by atoms with Crippen molar-refractivity contribution in [3.05, 3.63) is 88.5 Å². The van der Waals surface area contributed by atoms with Crippen molar-refractivity contribution in [2.45, 2.75) is 62.5 Å². The number of carboxylic acid groups (broad SMARTS) is 1. The number of carboxylic acids is 1. The number of anilines is 1. The number of carbonyl (C=O) groups is 2. The zero-order valence-electron chi connectivity index (χ0n) is 22.7. The maximum Gasteiger partial charge on any atom is 0.415 e. The molecule has 4 fully saturated rings. The van der Waals surface area contributed by atoms with Crippen LogP contribution in [0.5, 0.6) is 0 Å². The molecule has 4 aliphatic rings. The Morgan fingerprint density at radius 2 is 1.56 bits per heavy atom. The quantitative estimate of drug-likeness (QED) is 0.336. The molecule has 7 rings (SSSR count). The van der Waals surface area contributed by atoms with Gasteiger partial charge in [-0.3, -0.25) is 9.80 Å². The number of aromatic carboxylic acids is 1. The van der Waals surface area contributed by atoms with Gasteiger partial charge in [0.2, 0.25) is 0 Å². The molecular weight excluding hydrogens is 526 g/mol. The number of carbonyl (C=O) groups excluding carboxylic acids is 1. The molecule has 2 saturated heterocycles. The Morgan fingerprint density at radius 3 is 2.12 bits per heavy atom. The number of hydrogen-bond donors (Lipinski definition) is 1. The molecule has 0 radical (unpaired) electrons. The third-order valence-corrected chi connectivity index (χ3v) is 9.06. The van der Waals surface area contributed by atoms with Crippen molar-refractivity contribution in [3.8, 4) is 11.1 Å². The van der Waals surface area contributed by atoms with Gasteiger partial charge in [0.05, 0.1) is 12.1 Å². The Kier molecular flexibility index (Phi) is 6.34. The van der Waals surface area contributed by atoms with Gasteiger partial charge in [0, 0.05) is 49.8 Å². The average Bonchev–Trinajstić information content (AvgIpc) is 3.88. The molecule has 3 aromatic carbocycles. The van der Waals surface area contributed by atoms with Crippen LogP contribution in [0.15, 0.2) is 54.6 Å². The summed E-state index contributed by atoms with van der Waals surface area (Å²) in [6.45, 7) is 2.79. The minimum absolute atomic E-state index is 0.176. The van der Waals surface area contributed by atoms with Crippen LogP contribution in [0, 0.1) is 11.6 Å². The lowest BCUT2D eigenvalue weighted by Gasteiger charge is -2.37. The molecular formula is C33H32F2N2O4. The van der Waals surface area contributed by atoms with Gasteiger partial charge in [-0.15, -0.1) is 0 Å². The standard InChI is InChI=1S/C33H32F2N2O4/c34-24-7-10-26(29(35)17-24)30-27(21-1-2-21)15-20(16-28(30)22-3-4-22)18-36-13-11-33(12-14-36)19-37(32(40)41-33)25-8-5-23(6-9-25)31(38)39/h5-10,15-17,21-22H,1-4,11-14,18-19H2,(H,38,39). The summed E-state index contributed by atoms with van der Waals surface area (Å²) in [4.78, 5) is 27.9. The highest BCUT2D eigenvalue weighted by Crippen LogP contribution is 2.52. The van der Waals surface area contributed by atoms with Gasteiger partial charge < -0.3 is 9.84 Å². The van der Waals surface area contributed by atoms with Crippen LogP contribution in [0.4, 0.5) is 19.3 Å². The monoisotopic (exact) mass is 558 g/mol. The Labute approximate surface area is 237 Å². The number of ether oxygens (including phenoxy) is 1. The smallest absolute Gasteiger partial charge is 0.415 e. The van der Waals surface area contributed by atoms with Crippen LogP contribution >= 0.6 is 0 Å². The molecule has 2 heterocycles. The van der Waals surface area contributed by atoms with Gasteiger partial charge in [-0.1, -0.05) is 12.1 Å². The van der Waals surface area contributed by atoms with Crippen LogP contribution in [-0.2, 0) is 11.3 Å². The first-order valence-electron chi connectivity index (χ1n) is 14.5. The highest BCUT2D eigenvalue weighted by Gasteiger charge is 2.47. The Hall–Kier alpha value is -3.78. The normalized spacial score (nSPS) is 20.4. The molecule has 8 heteroatoms. The maximum absolute atomic E-state index is 15.0. The number of benzene rings is 3. The van der Waals surface area contributed by atoms with E-state index in [9.17, 15) is 18.4 Å². The SMILES string of the molecule is O=C(O)c1ccc(N2CC3(CCN(Cc4cc(C5CC5)c(-c5ccc(F)cc5F)c(C5CC5)c4)CC3)OC2=O)cc1. The number of likely N-dealkylation sites (tertiary alicyclic amines) is 1. The van der Waals surface area contributed by atoms with Gasteiger partial charge in [-0.2, -0.15) is 0 Å². The van der Waals surface area contributed by atoms with E-state index in [1.807, 2.05) is 0 Å². The molecule has 41 heavy (non-hydrogen) atoms. The number of nitrogens with zero attached hydrogens (tertiary/aromatic N) is 2. The molecule has 0 atom stereocenters. The van der Waals surface area contributed by atoms with E-state index >= 15 is 0 Å². The van der Waals surface area contributed by atoms with Gasteiger partial charge in [-0.05, 0) is 96.2 Å². The lowest BCUT2D eigenvalue weighted by atomic mass is 9.87. The van der Waals surface area contributed by atoms with E-state index < -0.39 is 29.3 Å². The average molecular weight is 559 g/mol. The van der Waals surface area contributed by atoms with Crippen molar-refractivity contribution in [2.75, 3.05) is 24.5 Å². The summed E-state index contributed by atoms with van der Waals surface area (Å²) in [5.41, 5.74) is 5.35. The summed E-state index contributed by atoms with van der Waals surface area (Å²) in [5, 5.41) is 9.16. The second-order valence-electron chi connectivity index (χ2n) is 12.1. The van der Waals surface area contributed by atoms with E-state index in [1.54, 1.807) is 23.1 Å². The molecule has 1 spiro atoms. The van der Waals surface area contributed by atoms with Crippen LogP contribution in [-0.4, -0.2) is 47.3 Å². The Balaban J connectivity index is 1.08. The van der Waals surface area contributed by atoms with Crippen LogP contribution in [0.2, 0.25) is 0 Å². The Bertz CT molecular complexity index is 1490. The third-order valence-electron chi connectivity index (χ3n) is 9.06. The van der Waals surface area contributed by atoms with Gasteiger partial charge in [0.25, 0.3) is 0 Å². The summed E-state index contributed by atoms with van der Waals surface area (Å²) >= 11 is 0. The highest BCUT2D eigenvalue weighted by molar-refractivity contribution is 5.92. The molecule has 212 valence electrons. The van der Waals surface area contributed by atoms with E-state index in [-0.39, 0.29) is 5.56 Å². The summed E-state index contributed by atoms with van der Waals surface area (Å²) in [5.74, 6) is -1.22. The molecule has 2 aliphatic heterocycles. The lowest BCUT2D eigenvalue weighted by molar-refractivity contribution is -0.000987. The number of hydrogen-bond acceptors (Lipinski definition) is 4. The second kappa shape index (κ2) is 9.94. The fourth-order valence-corrected chi connectivity index (χ4v) is 6.52. The fraction of sp³-hybridized carbons (Fsp3) is 0.394. The molecule has 6 nitrogen and oxygen atoms in total. The number of amides is 1. The predicted molar refractivity (Wildman–Crippen MR) is 150 cm³/mol. The van der Waals surface area contributed by atoms with Crippen LogP contribution in [0.1, 0.15) is 77.4 Å². The van der Waals surface area contributed by atoms with Gasteiger partial charge in [0.15, 0.2) is 0 Å². The second-order valence-corrected chi connectivity index (χ2v) is 12.1. The first-order chi connectivity index (χ1) is 19.8. The number of rotatable bonds is 7. The maximum atomic E-state index is 15.0. The largest absolute Gasteiger partial charge is 0.478 e. The van der Waals surface area contributed by atoms with Gasteiger partial charge in [-0.25, -0.2) is 18.4 Å². The summed E-state index contributed by atoms with van der Waals surface area (Å²) < 4.78 is 34.6. The molecule has 1 N–H and O–H groups in total. The van der Waals surface area contributed by atoms with Crippen molar-refractivity contribution in [1.82, 2.24) is 4.90 Å². The first-order valence-corrected chi connectivity index (χ1v) is 14.5. The van der Waals surface area contributed by atoms with Crippen LogP contribution < -0.4 is 4.90 Å². The molecule has 0 aromatic heterocycles. The summed E-state index contributed by atoms with van der Waals surface area (Å²) in [6.07, 6.45) is 5.41. The van der Waals surface area contributed by atoms with Gasteiger partial charge >= 0.3 is 12.1 Å². The third kappa shape index (κ3) is 5.10. The van der Waals surface area contributed by atoms with Crippen molar-refractivity contribution in [3.63, 3.8) is 0 Å². The number of piperidine rings is 1. The first kappa shape index (κ1) is 26.1. The lowest BCUT2D eigenvalue weighted by Crippen LogP contribution is -2.46. The van der Waals surface area contributed by atoms with E-state index in [0.717, 1.165) is 56.9 Å². The van der Waals surface area contributed by atoms with Crippen molar-refractivity contribution in [2.24, 2.45) is 0 Å². The summed E-state index contributed by atoms with van der Waals surface area (Å²) in [7, 11) is 0. The van der Waals surface area contributed by atoms with E-state index in [1.165, 1.54) is 34.9 Å². The minimum atomic E-state index is -1.00. The van der Waals surface area contributed by atoms with Crippen molar-refractivity contribution >= 4 is 17.7 Å². The van der Waals surface area contributed by atoms with Crippen LogP contribution in [0.25, 0.3) is 11.1 Å². The van der Waals surface area contributed by atoms with E-state index in [2.05, 4.69) is 17.0 Å². The van der Waals surface area contributed by atoms with E-state index in [4.69, 9.17) is 9.84 Å². The molecule has 0 unspecified atom stereocenters. The Morgan fingerprint density at radius 1 is 0.927 bits per heavy atom. The molecule has 1 amide bonds. The molecule has 0 bridgehead atoms. The van der Waals surface area contributed by atoms with Crippen molar-refractivity contribution in [1.29, 1.82) is 0 Å². The molecule has 2 aliphatic carbocycles. The minimum Gasteiger partial charge on any atom is -0.478 e. The van der Waals surface area contributed by atoms with Crippen LogP contribution in [0.3, 0.4) is 0 Å². The molecule has 3 aromatic rings. The number of halogens is 2. The van der Waals surface area contributed by atoms with Gasteiger partial charge in [0.1, 0.15) is 17.2 Å². The fourth-order valence-electron chi connectivity index (χ4n) is 6.52. The zero-order chi connectivity index (χ0) is 28.3. The molecule has 2 saturated carbocycles. The summed E-state index contributed by atoms with van der Waals surface area (Å²) in [6, 6.07) is 14.7. The topological polar surface area (TPSA) is 70.1 Å². The zero-order valence-corrected chi connectivity index (χ0v) is 22.7. The highest BCUT2D eigenvalue weighted by atomic mass is 19.1.